The van der Waals surface area contributed by atoms with E-state index in [0.29, 0.717) is 17.9 Å². The lowest BCUT2D eigenvalue weighted by Gasteiger charge is -2.26. The Balaban J connectivity index is 1.97. The van der Waals surface area contributed by atoms with Gasteiger partial charge in [0.15, 0.2) is 5.76 Å². The highest BCUT2D eigenvalue weighted by Crippen LogP contribution is 2.32. The van der Waals surface area contributed by atoms with Gasteiger partial charge in [0.1, 0.15) is 5.76 Å². The summed E-state index contributed by atoms with van der Waals surface area (Å²) in [6, 6.07) is 4.75. The number of pyridine rings is 1. The fraction of sp³-hybridized carbons (Fsp3) is 0.421. The molecule has 0 bridgehead atoms. The largest absolute Gasteiger partial charge is 0.502 e. The second-order valence-electron chi connectivity index (χ2n) is 6.63. The summed E-state index contributed by atoms with van der Waals surface area (Å²) in [6.07, 6.45) is 6.54. The minimum atomic E-state index is -0.635. The second kappa shape index (κ2) is 8.14. The quantitative estimate of drug-likeness (QED) is 0.815. The molecule has 3 heterocycles. The summed E-state index contributed by atoms with van der Waals surface area (Å²) in [5, 5.41) is 10.3. The third-order valence-corrected chi connectivity index (χ3v) is 4.66. The van der Waals surface area contributed by atoms with Crippen LogP contribution in [0.3, 0.4) is 0 Å². The van der Waals surface area contributed by atoms with Crippen molar-refractivity contribution in [2.24, 2.45) is 5.73 Å². The van der Waals surface area contributed by atoms with Gasteiger partial charge < -0.3 is 15.3 Å². The maximum Gasteiger partial charge on any atom is 0.227 e. The van der Waals surface area contributed by atoms with E-state index in [1.165, 1.54) is 12.5 Å². The van der Waals surface area contributed by atoms with Gasteiger partial charge in [-0.2, -0.15) is 0 Å². The molecule has 138 valence electrons. The van der Waals surface area contributed by atoms with Crippen molar-refractivity contribution >= 4 is 5.91 Å². The van der Waals surface area contributed by atoms with Gasteiger partial charge in [0, 0.05) is 24.9 Å². The molecule has 1 fully saturated rings. The Morgan fingerprint density at radius 2 is 1.96 bits per heavy atom. The second-order valence-corrected chi connectivity index (χ2v) is 6.63. The lowest BCUT2D eigenvalue weighted by atomic mass is 9.92. The van der Waals surface area contributed by atoms with E-state index < -0.39 is 23.0 Å². The Morgan fingerprint density at radius 1 is 1.27 bits per heavy atom. The molecule has 7 heteroatoms. The molecular weight excluding hydrogens is 334 g/mol. The number of carbonyl (C=O) groups excluding carboxylic acids is 1. The molecule has 1 saturated heterocycles. The van der Waals surface area contributed by atoms with Gasteiger partial charge in [-0.1, -0.05) is 6.42 Å². The van der Waals surface area contributed by atoms with Crippen molar-refractivity contribution in [1.82, 2.24) is 9.88 Å². The molecule has 0 radical (unpaired) electrons. The Labute approximate surface area is 151 Å². The summed E-state index contributed by atoms with van der Waals surface area (Å²) in [5.74, 6) is -1.10. The van der Waals surface area contributed by atoms with Gasteiger partial charge >= 0.3 is 0 Å². The monoisotopic (exact) mass is 357 g/mol. The van der Waals surface area contributed by atoms with Gasteiger partial charge in [0.05, 0.1) is 12.5 Å². The van der Waals surface area contributed by atoms with E-state index >= 15 is 0 Å². The number of nitrogens with zero attached hydrogens (tertiary/aromatic N) is 2. The molecule has 0 spiro atoms. The maximum absolute atomic E-state index is 12.3. The molecular formula is C19H23N3O4. The van der Waals surface area contributed by atoms with E-state index in [4.69, 9.17) is 10.2 Å². The van der Waals surface area contributed by atoms with Crippen molar-refractivity contribution in [1.29, 1.82) is 0 Å². The first-order valence-corrected chi connectivity index (χ1v) is 8.81. The van der Waals surface area contributed by atoms with Gasteiger partial charge in [-0.15, -0.1) is 0 Å². The normalized spacial score (nSPS) is 16.3. The molecule has 26 heavy (non-hydrogen) atoms. The molecule has 1 aliphatic rings. The van der Waals surface area contributed by atoms with E-state index in [0.717, 1.165) is 25.9 Å². The van der Waals surface area contributed by atoms with E-state index in [-0.39, 0.29) is 12.2 Å². The number of likely N-dealkylation sites (tertiary alicyclic amines) is 1. The van der Waals surface area contributed by atoms with E-state index in [9.17, 15) is 14.7 Å². The van der Waals surface area contributed by atoms with Crippen LogP contribution in [0.1, 0.15) is 48.7 Å². The summed E-state index contributed by atoms with van der Waals surface area (Å²) in [6.45, 7) is 2.41. The summed E-state index contributed by atoms with van der Waals surface area (Å²) in [5.41, 5.74) is 5.57. The average Bonchev–Trinajstić information content (AvgIpc) is 2.64. The zero-order valence-corrected chi connectivity index (χ0v) is 14.6. The fourth-order valence-electron chi connectivity index (χ4n) is 3.37. The summed E-state index contributed by atoms with van der Waals surface area (Å²) in [7, 11) is 0. The molecule has 1 aliphatic heterocycles. The number of hydrogen-bond acceptors (Lipinski definition) is 6. The molecule has 3 rings (SSSR count). The predicted molar refractivity (Wildman–Crippen MR) is 95.7 cm³/mol. The van der Waals surface area contributed by atoms with Crippen LogP contribution in [0.5, 0.6) is 5.75 Å². The number of aromatic nitrogens is 1. The number of piperidine rings is 1. The van der Waals surface area contributed by atoms with Crippen LogP contribution in [0.2, 0.25) is 0 Å². The van der Waals surface area contributed by atoms with Gasteiger partial charge in [-0.05, 0) is 43.6 Å². The highest BCUT2D eigenvalue weighted by atomic mass is 16.4. The molecule has 2 aromatic heterocycles. The summed E-state index contributed by atoms with van der Waals surface area (Å²) >= 11 is 0. The fourth-order valence-corrected chi connectivity index (χ4v) is 3.37. The number of amides is 1. The number of carbonyl (C=O) groups is 1. The third kappa shape index (κ3) is 4.29. The summed E-state index contributed by atoms with van der Waals surface area (Å²) in [4.78, 5) is 30.0. The molecule has 2 aromatic rings. The van der Waals surface area contributed by atoms with Gasteiger partial charge in [-0.25, -0.2) is 0 Å². The maximum atomic E-state index is 12.3. The lowest BCUT2D eigenvalue weighted by Crippen LogP contribution is -2.29. The van der Waals surface area contributed by atoms with Crippen LogP contribution in [0, 0.1) is 0 Å². The first kappa shape index (κ1) is 18.1. The van der Waals surface area contributed by atoms with Crippen LogP contribution >= 0.6 is 0 Å². The van der Waals surface area contributed by atoms with Crippen LogP contribution in [0.25, 0.3) is 0 Å². The molecule has 0 aliphatic carbocycles. The number of hydrogen-bond donors (Lipinski definition) is 2. The van der Waals surface area contributed by atoms with Crippen molar-refractivity contribution in [3.05, 3.63) is 57.9 Å². The third-order valence-electron chi connectivity index (χ3n) is 4.66. The Bertz CT molecular complexity index is 813. The van der Waals surface area contributed by atoms with Crippen LogP contribution in [-0.2, 0) is 11.3 Å². The minimum absolute atomic E-state index is 0.0757. The van der Waals surface area contributed by atoms with Gasteiger partial charge in [0.2, 0.25) is 17.1 Å². The average molecular weight is 357 g/mol. The topological polar surface area (TPSA) is 110 Å². The Hall–Kier alpha value is -2.67. The van der Waals surface area contributed by atoms with Crippen molar-refractivity contribution < 1.29 is 14.3 Å². The zero-order valence-electron chi connectivity index (χ0n) is 14.6. The highest BCUT2D eigenvalue weighted by molar-refractivity contribution is 5.75. The van der Waals surface area contributed by atoms with Crippen molar-refractivity contribution in [2.45, 2.75) is 38.1 Å². The molecule has 1 amide bonds. The van der Waals surface area contributed by atoms with E-state index in [1.54, 1.807) is 24.5 Å². The lowest BCUT2D eigenvalue weighted by molar-refractivity contribution is -0.118. The van der Waals surface area contributed by atoms with Crippen molar-refractivity contribution in [3.8, 4) is 5.75 Å². The number of aromatic hydroxyl groups is 1. The van der Waals surface area contributed by atoms with Crippen LogP contribution in [-0.4, -0.2) is 34.0 Å². The first-order valence-electron chi connectivity index (χ1n) is 8.81. The predicted octanol–water partition coefficient (Wildman–Crippen LogP) is 1.73. The smallest absolute Gasteiger partial charge is 0.227 e. The molecule has 7 nitrogen and oxygen atoms in total. The first-order chi connectivity index (χ1) is 12.5. The standard InChI is InChI=1S/C19H23N3O4/c20-17(24)11-15(13-4-6-21-7-5-13)19-18(25)16(23)10-14(26-19)12-22-8-2-1-3-9-22/h4-7,10,15,25H,1-3,8-9,11-12H2,(H2,20,24)/t15-/m0/s1. The Morgan fingerprint density at radius 3 is 2.62 bits per heavy atom. The van der Waals surface area contributed by atoms with Crippen molar-refractivity contribution in [2.75, 3.05) is 13.1 Å². The molecule has 0 saturated carbocycles. The number of nitrogens with two attached hydrogens (primary N) is 1. The zero-order chi connectivity index (χ0) is 18.5. The number of primary amides is 1. The van der Waals surface area contributed by atoms with Gasteiger partial charge in [-0.3, -0.25) is 19.5 Å². The highest BCUT2D eigenvalue weighted by Gasteiger charge is 2.25. The van der Waals surface area contributed by atoms with Crippen LogP contribution < -0.4 is 11.2 Å². The van der Waals surface area contributed by atoms with Gasteiger partial charge in [0.25, 0.3) is 0 Å². The SMILES string of the molecule is NC(=O)C[C@@H](c1ccncc1)c1oc(CN2CCCCC2)cc(=O)c1O. The molecule has 0 aromatic carbocycles. The van der Waals surface area contributed by atoms with Crippen LogP contribution in [0.15, 0.2) is 39.8 Å². The van der Waals surface area contributed by atoms with E-state index in [1.807, 2.05) is 0 Å². The Kier molecular flexibility index (Phi) is 5.68. The van der Waals surface area contributed by atoms with E-state index in [2.05, 4.69) is 9.88 Å². The number of rotatable bonds is 6. The van der Waals surface area contributed by atoms with Crippen LogP contribution in [0.4, 0.5) is 0 Å². The minimum Gasteiger partial charge on any atom is -0.502 e. The summed E-state index contributed by atoms with van der Waals surface area (Å²) < 4.78 is 5.89. The molecule has 1 atom stereocenters. The molecule has 3 N–H and O–H groups in total. The molecule has 0 unspecified atom stereocenters. The van der Waals surface area contributed by atoms with Crippen molar-refractivity contribution in [3.63, 3.8) is 0 Å².